The van der Waals surface area contributed by atoms with Crippen molar-refractivity contribution in [1.29, 1.82) is 0 Å². The van der Waals surface area contributed by atoms with E-state index in [1.807, 2.05) is 44.2 Å². The summed E-state index contributed by atoms with van der Waals surface area (Å²) >= 11 is 5.00. The SMILES string of the molecule is CC(C)OC(=S)NCc1ccccc1. The predicted molar refractivity (Wildman–Crippen MR) is 62.1 cm³/mol. The molecule has 76 valence electrons. The van der Waals surface area contributed by atoms with Crippen molar-refractivity contribution in [2.24, 2.45) is 0 Å². The molecule has 0 saturated heterocycles. The third-order valence-electron chi connectivity index (χ3n) is 1.62. The lowest BCUT2D eigenvalue weighted by Gasteiger charge is -2.12. The summed E-state index contributed by atoms with van der Waals surface area (Å²) < 4.78 is 5.29. The fourth-order valence-electron chi connectivity index (χ4n) is 1.03. The van der Waals surface area contributed by atoms with Gasteiger partial charge in [-0.2, -0.15) is 0 Å². The zero-order chi connectivity index (χ0) is 10.4. The van der Waals surface area contributed by atoms with E-state index >= 15 is 0 Å². The minimum atomic E-state index is 0.130. The molecule has 1 N–H and O–H groups in total. The summed E-state index contributed by atoms with van der Waals surface area (Å²) in [5, 5.41) is 3.50. The number of hydrogen-bond donors (Lipinski definition) is 1. The normalized spacial score (nSPS) is 9.93. The summed E-state index contributed by atoms with van der Waals surface area (Å²) in [7, 11) is 0. The van der Waals surface area contributed by atoms with E-state index in [0.717, 1.165) is 0 Å². The second-order valence-electron chi connectivity index (χ2n) is 3.29. The molecule has 0 fully saturated rings. The standard InChI is InChI=1S/C11H15NOS/c1-9(2)13-11(14)12-8-10-6-4-3-5-7-10/h3-7,9H,8H2,1-2H3,(H,12,14). The third kappa shape index (κ3) is 4.23. The zero-order valence-electron chi connectivity index (χ0n) is 8.49. The molecule has 0 atom stereocenters. The Morgan fingerprint density at radius 1 is 1.36 bits per heavy atom. The minimum Gasteiger partial charge on any atom is -0.468 e. The van der Waals surface area contributed by atoms with Gasteiger partial charge in [0, 0.05) is 6.54 Å². The van der Waals surface area contributed by atoms with Gasteiger partial charge in [-0.05, 0) is 31.6 Å². The van der Waals surface area contributed by atoms with Gasteiger partial charge in [0.25, 0.3) is 5.17 Å². The Bertz CT molecular complexity index is 285. The molecule has 0 aliphatic rings. The number of hydrogen-bond acceptors (Lipinski definition) is 2. The highest BCUT2D eigenvalue weighted by atomic mass is 32.1. The predicted octanol–water partition coefficient (Wildman–Crippen LogP) is 2.49. The summed E-state index contributed by atoms with van der Waals surface area (Å²) in [6.45, 7) is 4.62. The van der Waals surface area contributed by atoms with Crippen LogP contribution >= 0.6 is 12.2 Å². The molecule has 0 heterocycles. The molecule has 1 rings (SSSR count). The quantitative estimate of drug-likeness (QED) is 0.773. The summed E-state index contributed by atoms with van der Waals surface area (Å²) in [6, 6.07) is 10.1. The van der Waals surface area contributed by atoms with Gasteiger partial charge in [0.1, 0.15) is 0 Å². The molecular formula is C11H15NOS. The van der Waals surface area contributed by atoms with Crippen molar-refractivity contribution in [3.63, 3.8) is 0 Å². The molecule has 0 bridgehead atoms. The number of benzene rings is 1. The van der Waals surface area contributed by atoms with E-state index < -0.39 is 0 Å². The van der Waals surface area contributed by atoms with E-state index in [0.29, 0.717) is 11.7 Å². The fraction of sp³-hybridized carbons (Fsp3) is 0.364. The van der Waals surface area contributed by atoms with E-state index in [2.05, 4.69) is 5.32 Å². The van der Waals surface area contributed by atoms with Crippen molar-refractivity contribution in [3.8, 4) is 0 Å². The second kappa shape index (κ2) is 5.60. The Hall–Kier alpha value is -1.09. The minimum absolute atomic E-state index is 0.130. The Morgan fingerprint density at radius 3 is 2.57 bits per heavy atom. The van der Waals surface area contributed by atoms with Crippen molar-refractivity contribution in [1.82, 2.24) is 5.32 Å². The Balaban J connectivity index is 2.31. The van der Waals surface area contributed by atoms with Crippen LogP contribution in [0.3, 0.4) is 0 Å². The van der Waals surface area contributed by atoms with E-state index in [4.69, 9.17) is 17.0 Å². The lowest BCUT2D eigenvalue weighted by Crippen LogP contribution is -2.25. The third-order valence-corrected chi connectivity index (χ3v) is 1.86. The van der Waals surface area contributed by atoms with Gasteiger partial charge in [-0.3, -0.25) is 0 Å². The monoisotopic (exact) mass is 209 g/mol. The van der Waals surface area contributed by atoms with Crippen LogP contribution in [-0.4, -0.2) is 11.3 Å². The molecule has 0 saturated carbocycles. The van der Waals surface area contributed by atoms with Crippen LogP contribution in [0.25, 0.3) is 0 Å². The first-order valence-corrected chi connectivity index (χ1v) is 5.07. The molecule has 0 aromatic heterocycles. The van der Waals surface area contributed by atoms with Crippen LogP contribution in [0, 0.1) is 0 Å². The number of ether oxygens (including phenoxy) is 1. The van der Waals surface area contributed by atoms with Crippen LogP contribution in [0.2, 0.25) is 0 Å². The van der Waals surface area contributed by atoms with Gasteiger partial charge in [0.2, 0.25) is 0 Å². The van der Waals surface area contributed by atoms with Crippen LogP contribution in [-0.2, 0) is 11.3 Å². The smallest absolute Gasteiger partial charge is 0.257 e. The largest absolute Gasteiger partial charge is 0.468 e. The molecule has 1 aromatic rings. The average molecular weight is 209 g/mol. The maximum atomic E-state index is 5.29. The molecular weight excluding hydrogens is 194 g/mol. The van der Waals surface area contributed by atoms with Crippen LogP contribution in [0.15, 0.2) is 30.3 Å². The number of nitrogens with one attached hydrogen (secondary N) is 1. The van der Waals surface area contributed by atoms with Crippen molar-refractivity contribution in [2.45, 2.75) is 26.5 Å². The topological polar surface area (TPSA) is 21.3 Å². The second-order valence-corrected chi connectivity index (χ2v) is 3.66. The molecule has 0 spiro atoms. The van der Waals surface area contributed by atoms with Crippen molar-refractivity contribution in [2.75, 3.05) is 0 Å². The van der Waals surface area contributed by atoms with Crippen molar-refractivity contribution < 1.29 is 4.74 Å². The highest BCUT2D eigenvalue weighted by Crippen LogP contribution is 1.98. The molecule has 1 aromatic carbocycles. The first-order valence-electron chi connectivity index (χ1n) is 4.67. The Labute approximate surface area is 90.3 Å². The maximum absolute atomic E-state index is 5.29. The summed E-state index contributed by atoms with van der Waals surface area (Å²) in [5.41, 5.74) is 1.20. The lowest BCUT2D eigenvalue weighted by molar-refractivity contribution is 0.224. The molecule has 0 aliphatic heterocycles. The van der Waals surface area contributed by atoms with Gasteiger partial charge >= 0.3 is 0 Å². The number of rotatable bonds is 3. The van der Waals surface area contributed by atoms with E-state index in [9.17, 15) is 0 Å². The molecule has 14 heavy (non-hydrogen) atoms. The van der Waals surface area contributed by atoms with Crippen LogP contribution in [0.4, 0.5) is 0 Å². The van der Waals surface area contributed by atoms with E-state index in [-0.39, 0.29) is 6.10 Å². The van der Waals surface area contributed by atoms with Gasteiger partial charge in [0.15, 0.2) is 0 Å². The van der Waals surface area contributed by atoms with Crippen LogP contribution < -0.4 is 5.32 Å². The first-order chi connectivity index (χ1) is 6.68. The van der Waals surface area contributed by atoms with Crippen molar-refractivity contribution in [3.05, 3.63) is 35.9 Å². The lowest BCUT2D eigenvalue weighted by atomic mass is 10.2. The molecule has 0 unspecified atom stereocenters. The van der Waals surface area contributed by atoms with Gasteiger partial charge < -0.3 is 10.1 Å². The van der Waals surface area contributed by atoms with Crippen LogP contribution in [0.5, 0.6) is 0 Å². The highest BCUT2D eigenvalue weighted by molar-refractivity contribution is 7.80. The molecule has 3 heteroatoms. The highest BCUT2D eigenvalue weighted by Gasteiger charge is 1.99. The van der Waals surface area contributed by atoms with Gasteiger partial charge in [-0.25, -0.2) is 0 Å². The fourth-order valence-corrected chi connectivity index (χ4v) is 1.29. The Morgan fingerprint density at radius 2 is 2.00 bits per heavy atom. The Kier molecular flexibility index (Phi) is 4.40. The van der Waals surface area contributed by atoms with E-state index in [1.165, 1.54) is 5.56 Å². The van der Waals surface area contributed by atoms with Gasteiger partial charge in [-0.15, -0.1) is 0 Å². The molecule has 0 radical (unpaired) electrons. The molecule has 2 nitrogen and oxygen atoms in total. The summed E-state index contributed by atoms with van der Waals surface area (Å²) in [4.78, 5) is 0. The number of thiocarbonyl (C=S) groups is 1. The zero-order valence-corrected chi connectivity index (χ0v) is 9.30. The van der Waals surface area contributed by atoms with E-state index in [1.54, 1.807) is 0 Å². The maximum Gasteiger partial charge on any atom is 0.257 e. The van der Waals surface area contributed by atoms with Crippen molar-refractivity contribution >= 4 is 17.4 Å². The molecule has 0 aliphatic carbocycles. The average Bonchev–Trinajstić information content (AvgIpc) is 2.15. The van der Waals surface area contributed by atoms with Crippen LogP contribution in [0.1, 0.15) is 19.4 Å². The summed E-state index contributed by atoms with van der Waals surface area (Å²) in [5.74, 6) is 0. The molecule has 0 amide bonds. The van der Waals surface area contributed by atoms with Gasteiger partial charge in [-0.1, -0.05) is 30.3 Å². The van der Waals surface area contributed by atoms with Gasteiger partial charge in [0.05, 0.1) is 6.10 Å². The first kappa shape index (κ1) is 11.0. The summed E-state index contributed by atoms with van der Waals surface area (Å²) in [6.07, 6.45) is 0.130.